The van der Waals surface area contributed by atoms with E-state index in [1.165, 1.54) is 12.1 Å². The first-order chi connectivity index (χ1) is 10.1. The molecule has 2 atom stereocenters. The zero-order valence-corrected chi connectivity index (χ0v) is 12.6. The summed E-state index contributed by atoms with van der Waals surface area (Å²) < 4.78 is 24.9. The van der Waals surface area contributed by atoms with Crippen molar-refractivity contribution in [2.75, 3.05) is 19.8 Å². The molecule has 21 heavy (non-hydrogen) atoms. The van der Waals surface area contributed by atoms with Crippen LogP contribution in [0.15, 0.2) is 18.2 Å². The predicted octanol–water partition coefficient (Wildman–Crippen LogP) is 3.49. The van der Waals surface area contributed by atoms with Crippen LogP contribution in [0.4, 0.5) is 4.39 Å². The predicted molar refractivity (Wildman–Crippen MR) is 77.8 cm³/mol. The molecule has 0 bridgehead atoms. The van der Waals surface area contributed by atoms with Gasteiger partial charge in [0.15, 0.2) is 0 Å². The molecule has 1 aromatic carbocycles. The van der Waals surface area contributed by atoms with Gasteiger partial charge in [-0.3, -0.25) is 0 Å². The molecule has 2 aliphatic rings. The van der Waals surface area contributed by atoms with E-state index < -0.39 is 11.9 Å². The summed E-state index contributed by atoms with van der Waals surface area (Å²) in [6.45, 7) is 2.05. The van der Waals surface area contributed by atoms with E-state index in [1.807, 2.05) is 0 Å². The van der Waals surface area contributed by atoms with Crippen molar-refractivity contribution in [2.45, 2.75) is 37.4 Å². The molecule has 0 saturated carbocycles. The summed E-state index contributed by atoms with van der Waals surface area (Å²) >= 11 is 5.70. The third-order valence-corrected chi connectivity index (χ3v) is 4.97. The topological polar surface area (TPSA) is 38.7 Å². The van der Waals surface area contributed by atoms with Gasteiger partial charge in [-0.05, 0) is 49.3 Å². The molecule has 1 spiro atoms. The van der Waals surface area contributed by atoms with Gasteiger partial charge in [0.1, 0.15) is 5.82 Å². The highest BCUT2D eigenvalue weighted by molar-refractivity contribution is 6.30. The second kappa shape index (κ2) is 6.21. The summed E-state index contributed by atoms with van der Waals surface area (Å²) in [4.78, 5) is 0. The lowest BCUT2D eigenvalue weighted by Gasteiger charge is -2.44. The second-order valence-electron chi connectivity index (χ2n) is 6.02. The summed E-state index contributed by atoms with van der Waals surface area (Å²) in [6.07, 6.45) is 2.63. The molecule has 0 aromatic heterocycles. The monoisotopic (exact) mass is 314 g/mol. The summed E-state index contributed by atoms with van der Waals surface area (Å²) in [5, 5.41) is 10.7. The summed E-state index contributed by atoms with van der Waals surface area (Å²) in [5.41, 5.74) is 0.415. The van der Waals surface area contributed by atoms with Gasteiger partial charge in [-0.25, -0.2) is 4.39 Å². The zero-order valence-electron chi connectivity index (χ0n) is 11.9. The Bertz CT molecular complexity index is 497. The normalized spacial score (nSPS) is 26.7. The fraction of sp³-hybridized carbons (Fsp3) is 0.625. The van der Waals surface area contributed by atoms with Crippen molar-refractivity contribution in [2.24, 2.45) is 5.92 Å². The van der Waals surface area contributed by atoms with Crippen molar-refractivity contribution in [3.05, 3.63) is 34.6 Å². The van der Waals surface area contributed by atoms with Crippen LogP contribution in [0.2, 0.25) is 5.02 Å². The molecule has 116 valence electrons. The Morgan fingerprint density at radius 3 is 2.76 bits per heavy atom. The number of halogens is 2. The van der Waals surface area contributed by atoms with Gasteiger partial charge in [0.25, 0.3) is 0 Å². The van der Waals surface area contributed by atoms with Gasteiger partial charge in [-0.1, -0.05) is 17.7 Å². The van der Waals surface area contributed by atoms with E-state index in [1.54, 1.807) is 6.07 Å². The van der Waals surface area contributed by atoms with Gasteiger partial charge in [0.05, 0.1) is 16.7 Å². The van der Waals surface area contributed by atoms with Crippen LogP contribution in [0.25, 0.3) is 0 Å². The molecule has 0 aliphatic carbocycles. The molecule has 1 aromatic rings. The molecule has 2 saturated heterocycles. The summed E-state index contributed by atoms with van der Waals surface area (Å²) in [5.74, 6) is -0.404. The summed E-state index contributed by atoms with van der Waals surface area (Å²) in [7, 11) is 0. The van der Waals surface area contributed by atoms with Gasteiger partial charge >= 0.3 is 0 Å². The maximum absolute atomic E-state index is 13.6. The second-order valence-corrected chi connectivity index (χ2v) is 6.42. The SMILES string of the molecule is OC(c1ccc(Cl)c(F)c1)C1CCOC2(CCOCC2)C1. The maximum atomic E-state index is 13.6. The molecule has 3 rings (SSSR count). The average Bonchev–Trinajstić information content (AvgIpc) is 2.50. The molecule has 1 N–H and O–H groups in total. The van der Waals surface area contributed by atoms with E-state index in [0.29, 0.717) is 25.4 Å². The van der Waals surface area contributed by atoms with Crippen LogP contribution in [-0.2, 0) is 9.47 Å². The lowest BCUT2D eigenvalue weighted by molar-refractivity contribution is -0.159. The molecule has 2 heterocycles. The van der Waals surface area contributed by atoms with Crippen LogP contribution < -0.4 is 0 Å². The van der Waals surface area contributed by atoms with Crippen LogP contribution in [0, 0.1) is 11.7 Å². The number of hydrogen-bond acceptors (Lipinski definition) is 3. The fourth-order valence-electron chi connectivity index (χ4n) is 3.40. The molecule has 0 radical (unpaired) electrons. The minimum absolute atomic E-state index is 0.0809. The van der Waals surface area contributed by atoms with Crippen molar-refractivity contribution in [1.29, 1.82) is 0 Å². The third-order valence-electron chi connectivity index (χ3n) is 4.67. The van der Waals surface area contributed by atoms with E-state index >= 15 is 0 Å². The van der Waals surface area contributed by atoms with E-state index in [2.05, 4.69) is 0 Å². The molecular formula is C16H20ClFO3. The lowest BCUT2D eigenvalue weighted by Crippen LogP contribution is -2.45. The van der Waals surface area contributed by atoms with Crippen molar-refractivity contribution < 1.29 is 19.0 Å². The molecule has 5 heteroatoms. The summed E-state index contributed by atoms with van der Waals surface area (Å²) in [6, 6.07) is 4.53. The lowest BCUT2D eigenvalue weighted by atomic mass is 9.77. The van der Waals surface area contributed by atoms with Gasteiger partial charge < -0.3 is 14.6 Å². The van der Waals surface area contributed by atoms with Crippen molar-refractivity contribution in [3.8, 4) is 0 Å². The van der Waals surface area contributed by atoms with E-state index in [9.17, 15) is 9.50 Å². The number of rotatable bonds is 2. The number of hydrogen-bond donors (Lipinski definition) is 1. The Morgan fingerprint density at radius 1 is 1.29 bits per heavy atom. The molecule has 3 nitrogen and oxygen atoms in total. The first-order valence-electron chi connectivity index (χ1n) is 7.44. The Balaban J connectivity index is 1.74. The van der Waals surface area contributed by atoms with Crippen molar-refractivity contribution >= 4 is 11.6 Å². The van der Waals surface area contributed by atoms with E-state index in [4.69, 9.17) is 21.1 Å². The quantitative estimate of drug-likeness (QED) is 0.908. The Kier molecular flexibility index (Phi) is 4.50. The highest BCUT2D eigenvalue weighted by Gasteiger charge is 2.41. The Morgan fingerprint density at radius 2 is 2.05 bits per heavy atom. The minimum Gasteiger partial charge on any atom is -0.388 e. The zero-order chi connectivity index (χ0) is 14.9. The Labute approximate surface area is 129 Å². The van der Waals surface area contributed by atoms with Crippen LogP contribution in [0.5, 0.6) is 0 Å². The largest absolute Gasteiger partial charge is 0.388 e. The van der Waals surface area contributed by atoms with Gasteiger partial charge in [0.2, 0.25) is 0 Å². The van der Waals surface area contributed by atoms with Crippen LogP contribution in [0.1, 0.15) is 37.4 Å². The van der Waals surface area contributed by atoms with E-state index in [0.717, 1.165) is 25.7 Å². The van der Waals surface area contributed by atoms with Crippen molar-refractivity contribution in [3.63, 3.8) is 0 Å². The van der Waals surface area contributed by atoms with E-state index in [-0.39, 0.29) is 16.5 Å². The number of benzene rings is 1. The highest BCUT2D eigenvalue weighted by Crippen LogP contribution is 2.42. The van der Waals surface area contributed by atoms with Gasteiger partial charge in [0, 0.05) is 19.8 Å². The number of ether oxygens (including phenoxy) is 2. The average molecular weight is 315 g/mol. The number of aliphatic hydroxyl groups is 1. The van der Waals surface area contributed by atoms with Gasteiger partial charge in [-0.15, -0.1) is 0 Å². The standard InChI is InChI=1S/C16H20ClFO3/c17-13-2-1-11(9-14(13)18)15(19)12-3-6-21-16(10-12)4-7-20-8-5-16/h1-2,9,12,15,19H,3-8,10H2. The molecule has 2 fully saturated rings. The molecule has 2 aliphatic heterocycles. The first kappa shape index (κ1) is 15.2. The van der Waals surface area contributed by atoms with Gasteiger partial charge in [-0.2, -0.15) is 0 Å². The van der Waals surface area contributed by atoms with Crippen LogP contribution in [-0.4, -0.2) is 30.5 Å². The fourth-order valence-corrected chi connectivity index (χ4v) is 3.51. The Hall–Kier alpha value is -0.680. The van der Waals surface area contributed by atoms with Crippen molar-refractivity contribution in [1.82, 2.24) is 0 Å². The maximum Gasteiger partial charge on any atom is 0.142 e. The smallest absolute Gasteiger partial charge is 0.142 e. The first-order valence-corrected chi connectivity index (χ1v) is 7.82. The molecule has 2 unspecified atom stereocenters. The van der Waals surface area contributed by atoms with Crippen LogP contribution in [0.3, 0.4) is 0 Å². The third kappa shape index (κ3) is 3.24. The minimum atomic E-state index is -0.680. The van der Waals surface area contributed by atoms with Crippen LogP contribution >= 0.6 is 11.6 Å². The molecular weight excluding hydrogens is 295 g/mol. The highest BCUT2D eigenvalue weighted by atomic mass is 35.5. The molecule has 0 amide bonds. The number of aliphatic hydroxyl groups excluding tert-OH is 1.